The van der Waals surface area contributed by atoms with Gasteiger partial charge in [-0.1, -0.05) is 32.0 Å². The van der Waals surface area contributed by atoms with Crippen LogP contribution in [-0.2, 0) is 6.42 Å². The minimum Gasteiger partial charge on any atom is -0.338 e. The predicted octanol–water partition coefficient (Wildman–Crippen LogP) is 2.77. The van der Waals surface area contributed by atoms with Crippen LogP contribution in [0.25, 0.3) is 0 Å². The number of thiophene rings is 1. The molecule has 17 heavy (non-hydrogen) atoms. The molecule has 2 aromatic rings. The highest BCUT2D eigenvalue weighted by Crippen LogP contribution is 2.29. The van der Waals surface area contributed by atoms with Gasteiger partial charge in [-0.05, 0) is 16.9 Å². The third kappa shape index (κ3) is 2.92. The number of nitrogens with two attached hydrogens (primary N) is 1. The van der Waals surface area contributed by atoms with Crippen LogP contribution in [0.15, 0.2) is 22.0 Å². The van der Waals surface area contributed by atoms with Crippen molar-refractivity contribution >= 4 is 11.3 Å². The van der Waals surface area contributed by atoms with Gasteiger partial charge in [0.25, 0.3) is 0 Å². The SMILES string of the molecule is CC(C)(C)C(N)c1nc(Cc2cccs2)no1. The molecule has 0 bridgehead atoms. The maximum atomic E-state index is 6.07. The van der Waals surface area contributed by atoms with E-state index in [4.69, 9.17) is 10.3 Å². The van der Waals surface area contributed by atoms with Gasteiger partial charge >= 0.3 is 0 Å². The largest absolute Gasteiger partial charge is 0.338 e. The van der Waals surface area contributed by atoms with Crippen LogP contribution in [0, 0.1) is 5.41 Å². The minimum absolute atomic E-state index is 0.0767. The lowest BCUT2D eigenvalue weighted by molar-refractivity contribution is 0.252. The minimum atomic E-state index is -0.230. The Morgan fingerprint density at radius 3 is 2.82 bits per heavy atom. The van der Waals surface area contributed by atoms with E-state index in [1.807, 2.05) is 11.4 Å². The molecular weight excluding hydrogens is 234 g/mol. The zero-order chi connectivity index (χ0) is 12.5. The highest BCUT2D eigenvalue weighted by Gasteiger charge is 2.27. The fraction of sp³-hybridized carbons (Fsp3) is 0.500. The number of hydrogen-bond acceptors (Lipinski definition) is 5. The Labute approximate surface area is 105 Å². The first-order valence-corrected chi connectivity index (χ1v) is 6.45. The van der Waals surface area contributed by atoms with E-state index in [1.165, 1.54) is 4.88 Å². The molecule has 2 aromatic heterocycles. The van der Waals surface area contributed by atoms with Crippen molar-refractivity contribution in [1.82, 2.24) is 10.1 Å². The molecule has 0 radical (unpaired) electrons. The van der Waals surface area contributed by atoms with Crippen molar-refractivity contribution in [2.45, 2.75) is 33.2 Å². The number of nitrogens with zero attached hydrogens (tertiary/aromatic N) is 2. The quantitative estimate of drug-likeness (QED) is 0.911. The van der Waals surface area contributed by atoms with E-state index in [0.29, 0.717) is 18.1 Å². The number of aromatic nitrogens is 2. The highest BCUT2D eigenvalue weighted by atomic mass is 32.1. The molecule has 0 aliphatic carbocycles. The monoisotopic (exact) mass is 251 g/mol. The van der Waals surface area contributed by atoms with E-state index >= 15 is 0 Å². The summed E-state index contributed by atoms with van der Waals surface area (Å²) in [5.74, 6) is 1.21. The van der Waals surface area contributed by atoms with Gasteiger partial charge in [0.15, 0.2) is 5.82 Å². The molecule has 0 saturated carbocycles. The zero-order valence-electron chi connectivity index (χ0n) is 10.3. The van der Waals surface area contributed by atoms with Gasteiger partial charge in [-0.3, -0.25) is 0 Å². The lowest BCUT2D eigenvalue weighted by atomic mass is 9.87. The Balaban J connectivity index is 2.11. The Morgan fingerprint density at radius 2 is 2.24 bits per heavy atom. The van der Waals surface area contributed by atoms with Gasteiger partial charge in [0.2, 0.25) is 5.89 Å². The topological polar surface area (TPSA) is 64.9 Å². The van der Waals surface area contributed by atoms with E-state index in [1.54, 1.807) is 11.3 Å². The van der Waals surface area contributed by atoms with Crippen LogP contribution in [0.2, 0.25) is 0 Å². The molecule has 0 fully saturated rings. The molecule has 1 unspecified atom stereocenters. The van der Waals surface area contributed by atoms with Crippen molar-refractivity contribution < 1.29 is 4.52 Å². The molecule has 0 aromatic carbocycles. The fourth-order valence-electron chi connectivity index (χ4n) is 1.41. The van der Waals surface area contributed by atoms with Crippen molar-refractivity contribution in [1.29, 1.82) is 0 Å². The van der Waals surface area contributed by atoms with Crippen LogP contribution in [0.1, 0.15) is 43.4 Å². The molecule has 5 heteroatoms. The standard InChI is InChI=1S/C12H17N3OS/c1-12(2,3)10(13)11-14-9(15-16-11)7-8-5-4-6-17-8/h4-6,10H,7,13H2,1-3H3. The van der Waals surface area contributed by atoms with Gasteiger partial charge in [-0.15, -0.1) is 11.3 Å². The Hall–Kier alpha value is -1.20. The molecule has 92 valence electrons. The van der Waals surface area contributed by atoms with Crippen molar-refractivity contribution in [2.24, 2.45) is 11.1 Å². The van der Waals surface area contributed by atoms with Crippen LogP contribution < -0.4 is 5.73 Å². The summed E-state index contributed by atoms with van der Waals surface area (Å²) in [6, 6.07) is 3.85. The Bertz CT molecular complexity index is 470. The summed E-state index contributed by atoms with van der Waals surface area (Å²) in [5.41, 5.74) is 5.99. The maximum absolute atomic E-state index is 6.07. The molecule has 1 atom stereocenters. The second kappa shape index (κ2) is 4.58. The van der Waals surface area contributed by atoms with Crippen molar-refractivity contribution in [3.8, 4) is 0 Å². The van der Waals surface area contributed by atoms with E-state index < -0.39 is 0 Å². The normalized spacial score (nSPS) is 13.9. The fourth-order valence-corrected chi connectivity index (χ4v) is 2.11. The van der Waals surface area contributed by atoms with Crippen LogP contribution in [0.3, 0.4) is 0 Å². The third-order valence-corrected chi connectivity index (χ3v) is 3.47. The van der Waals surface area contributed by atoms with Gasteiger partial charge in [0.1, 0.15) is 0 Å². The average molecular weight is 251 g/mol. The number of hydrogen-bond donors (Lipinski definition) is 1. The van der Waals surface area contributed by atoms with Crippen LogP contribution in [-0.4, -0.2) is 10.1 Å². The maximum Gasteiger partial charge on any atom is 0.244 e. The average Bonchev–Trinajstić information content (AvgIpc) is 2.87. The molecular formula is C12H17N3OS. The van der Waals surface area contributed by atoms with Gasteiger partial charge in [-0.2, -0.15) is 4.98 Å². The zero-order valence-corrected chi connectivity index (χ0v) is 11.1. The Kier molecular flexibility index (Phi) is 3.31. The van der Waals surface area contributed by atoms with Crippen LogP contribution in [0.4, 0.5) is 0 Å². The van der Waals surface area contributed by atoms with Crippen LogP contribution >= 0.6 is 11.3 Å². The van der Waals surface area contributed by atoms with E-state index in [-0.39, 0.29) is 11.5 Å². The Morgan fingerprint density at radius 1 is 1.47 bits per heavy atom. The molecule has 0 amide bonds. The van der Waals surface area contributed by atoms with Gasteiger partial charge in [-0.25, -0.2) is 0 Å². The van der Waals surface area contributed by atoms with E-state index in [2.05, 4.69) is 37.0 Å². The summed E-state index contributed by atoms with van der Waals surface area (Å²) in [4.78, 5) is 5.58. The summed E-state index contributed by atoms with van der Waals surface area (Å²) in [6.45, 7) is 6.17. The smallest absolute Gasteiger partial charge is 0.244 e. The summed E-state index contributed by atoms with van der Waals surface area (Å²) >= 11 is 1.69. The molecule has 4 nitrogen and oxygen atoms in total. The van der Waals surface area contributed by atoms with Crippen molar-refractivity contribution in [3.63, 3.8) is 0 Å². The molecule has 0 spiro atoms. The summed E-state index contributed by atoms with van der Waals surface area (Å²) in [7, 11) is 0. The van der Waals surface area contributed by atoms with Crippen molar-refractivity contribution in [2.75, 3.05) is 0 Å². The van der Waals surface area contributed by atoms with Gasteiger partial charge < -0.3 is 10.3 Å². The van der Waals surface area contributed by atoms with Crippen LogP contribution in [0.5, 0.6) is 0 Å². The summed E-state index contributed by atoms with van der Waals surface area (Å²) < 4.78 is 5.22. The van der Waals surface area contributed by atoms with E-state index in [0.717, 1.165) is 0 Å². The lowest BCUT2D eigenvalue weighted by Gasteiger charge is -2.23. The second-order valence-electron chi connectivity index (χ2n) is 5.15. The third-order valence-electron chi connectivity index (χ3n) is 2.60. The second-order valence-corrected chi connectivity index (χ2v) is 6.18. The molecule has 0 aliphatic heterocycles. The molecule has 2 heterocycles. The molecule has 2 N–H and O–H groups in total. The highest BCUT2D eigenvalue weighted by molar-refractivity contribution is 7.09. The first kappa shape index (κ1) is 12.3. The predicted molar refractivity (Wildman–Crippen MR) is 67.8 cm³/mol. The molecule has 2 rings (SSSR count). The van der Waals surface area contributed by atoms with Crippen molar-refractivity contribution in [3.05, 3.63) is 34.1 Å². The molecule has 0 aliphatic rings. The summed E-state index contributed by atoms with van der Waals surface area (Å²) in [5, 5.41) is 6.01. The van der Waals surface area contributed by atoms with E-state index in [9.17, 15) is 0 Å². The first-order valence-electron chi connectivity index (χ1n) is 5.57. The molecule has 0 saturated heterocycles. The van der Waals surface area contributed by atoms with Gasteiger partial charge in [0.05, 0.1) is 6.04 Å². The first-order chi connectivity index (χ1) is 7.97. The lowest BCUT2D eigenvalue weighted by Crippen LogP contribution is -2.26. The number of rotatable bonds is 3. The van der Waals surface area contributed by atoms with Gasteiger partial charge in [0, 0.05) is 11.3 Å². The summed E-state index contributed by atoms with van der Waals surface area (Å²) in [6.07, 6.45) is 0.706.